The van der Waals surface area contributed by atoms with E-state index in [0.717, 1.165) is 44.1 Å². The van der Waals surface area contributed by atoms with Crippen molar-refractivity contribution in [2.45, 2.75) is 33.7 Å². The van der Waals surface area contributed by atoms with E-state index in [1.54, 1.807) is 0 Å². The molecule has 0 saturated carbocycles. The number of rotatable bonds is 5. The number of Topliss-reactive ketones (excluding diaryl/α,β-unsaturated/α-hetero) is 1. The van der Waals surface area contributed by atoms with Crippen LogP contribution in [-0.2, 0) is 4.74 Å². The smallest absolute Gasteiger partial charge is 0.268 e. The molecule has 1 fully saturated rings. The van der Waals surface area contributed by atoms with Gasteiger partial charge in [-0.2, -0.15) is 0 Å². The number of aryl methyl sites for hydroxylation is 1. The van der Waals surface area contributed by atoms with Gasteiger partial charge in [-0.25, -0.2) is 0 Å². The van der Waals surface area contributed by atoms with Crippen LogP contribution in [0.15, 0.2) is 0 Å². The minimum Gasteiger partial charge on any atom is -0.379 e. The first kappa shape index (κ1) is 16.7. The molecule has 0 spiro atoms. The van der Waals surface area contributed by atoms with Crippen molar-refractivity contribution >= 4 is 11.7 Å². The Balaban J connectivity index is 1.99. The highest BCUT2D eigenvalue weighted by atomic mass is 16.5. The molecule has 0 aliphatic carbocycles. The van der Waals surface area contributed by atoms with Crippen LogP contribution in [0.3, 0.4) is 0 Å². The van der Waals surface area contributed by atoms with Gasteiger partial charge in [0.15, 0.2) is 5.78 Å². The summed E-state index contributed by atoms with van der Waals surface area (Å²) in [6, 6.07) is 0.0365. The molecule has 1 aromatic rings. The molecule has 1 aliphatic rings. The largest absolute Gasteiger partial charge is 0.379 e. The molecule has 6 nitrogen and oxygen atoms in total. The Morgan fingerprint density at radius 3 is 2.50 bits per heavy atom. The number of carbonyl (C=O) groups is 2. The first-order valence-corrected chi connectivity index (χ1v) is 7.71. The van der Waals surface area contributed by atoms with Gasteiger partial charge >= 0.3 is 0 Å². The van der Waals surface area contributed by atoms with Crippen molar-refractivity contribution < 1.29 is 14.3 Å². The highest BCUT2D eigenvalue weighted by Gasteiger charge is 2.21. The molecule has 0 radical (unpaired) electrons. The summed E-state index contributed by atoms with van der Waals surface area (Å²) in [6.07, 6.45) is 0. The number of H-pyrrole nitrogens is 1. The molecule has 122 valence electrons. The standard InChI is InChI=1S/C16H25N3O3/c1-10(9-19-5-7-22-8-6-19)17-16(21)15-11(2)14(13(4)20)12(3)18-15/h10,18H,5-9H2,1-4H3,(H,17,21). The van der Waals surface area contributed by atoms with Crippen molar-refractivity contribution in [1.82, 2.24) is 15.2 Å². The van der Waals surface area contributed by atoms with E-state index >= 15 is 0 Å². The molecular formula is C16H25N3O3. The van der Waals surface area contributed by atoms with E-state index in [-0.39, 0.29) is 17.7 Å². The number of amides is 1. The highest BCUT2D eigenvalue weighted by molar-refractivity contribution is 6.02. The molecule has 1 amide bonds. The molecule has 1 aromatic heterocycles. The van der Waals surface area contributed by atoms with Gasteiger partial charge in [0.1, 0.15) is 5.69 Å². The summed E-state index contributed by atoms with van der Waals surface area (Å²) in [6.45, 7) is 11.2. The number of hydrogen-bond donors (Lipinski definition) is 2. The van der Waals surface area contributed by atoms with E-state index in [2.05, 4.69) is 15.2 Å². The van der Waals surface area contributed by atoms with Crippen molar-refractivity contribution in [3.8, 4) is 0 Å². The van der Waals surface area contributed by atoms with Crippen LogP contribution in [0.2, 0.25) is 0 Å². The third kappa shape index (κ3) is 3.75. The lowest BCUT2D eigenvalue weighted by Crippen LogP contribution is -2.46. The van der Waals surface area contributed by atoms with Gasteiger partial charge in [0, 0.05) is 36.9 Å². The highest BCUT2D eigenvalue weighted by Crippen LogP contribution is 2.18. The van der Waals surface area contributed by atoms with Gasteiger partial charge in [-0.15, -0.1) is 0 Å². The quantitative estimate of drug-likeness (QED) is 0.804. The summed E-state index contributed by atoms with van der Waals surface area (Å²) in [5.41, 5.74) is 2.57. The van der Waals surface area contributed by atoms with Gasteiger partial charge in [-0.3, -0.25) is 14.5 Å². The lowest BCUT2D eigenvalue weighted by molar-refractivity contribution is 0.0342. The summed E-state index contributed by atoms with van der Waals surface area (Å²) in [7, 11) is 0. The van der Waals surface area contributed by atoms with Crippen molar-refractivity contribution in [3.63, 3.8) is 0 Å². The van der Waals surface area contributed by atoms with E-state index in [9.17, 15) is 9.59 Å². The summed E-state index contributed by atoms with van der Waals surface area (Å²) in [5, 5.41) is 3.00. The second-order valence-electron chi connectivity index (χ2n) is 5.97. The Morgan fingerprint density at radius 2 is 1.95 bits per heavy atom. The lowest BCUT2D eigenvalue weighted by Gasteiger charge is -2.29. The number of ketones is 1. The SMILES string of the molecule is CC(=O)c1c(C)[nH]c(C(=O)NC(C)CN2CCOCC2)c1C. The predicted molar refractivity (Wildman–Crippen MR) is 84.5 cm³/mol. The zero-order valence-corrected chi connectivity index (χ0v) is 13.8. The van der Waals surface area contributed by atoms with E-state index in [0.29, 0.717) is 11.3 Å². The van der Waals surface area contributed by atoms with Crippen LogP contribution in [-0.4, -0.2) is 60.5 Å². The lowest BCUT2D eigenvalue weighted by atomic mass is 10.1. The van der Waals surface area contributed by atoms with Gasteiger partial charge in [0.2, 0.25) is 0 Å². The maximum atomic E-state index is 12.4. The topological polar surface area (TPSA) is 74.4 Å². The minimum atomic E-state index is -0.158. The molecule has 22 heavy (non-hydrogen) atoms. The molecule has 2 rings (SSSR count). The molecule has 2 heterocycles. The van der Waals surface area contributed by atoms with Crippen LogP contribution in [0.25, 0.3) is 0 Å². The van der Waals surface area contributed by atoms with Crippen molar-refractivity contribution in [1.29, 1.82) is 0 Å². The minimum absolute atomic E-state index is 0.0216. The van der Waals surface area contributed by atoms with Gasteiger partial charge < -0.3 is 15.0 Å². The van der Waals surface area contributed by atoms with Gasteiger partial charge in [0.05, 0.1) is 13.2 Å². The van der Waals surface area contributed by atoms with Crippen LogP contribution in [0.1, 0.15) is 46.0 Å². The molecule has 2 N–H and O–H groups in total. The molecule has 0 bridgehead atoms. The van der Waals surface area contributed by atoms with Crippen LogP contribution >= 0.6 is 0 Å². The molecule has 0 aromatic carbocycles. The second kappa shape index (κ2) is 7.07. The summed E-state index contributed by atoms with van der Waals surface area (Å²) in [4.78, 5) is 29.4. The fraction of sp³-hybridized carbons (Fsp3) is 0.625. The summed E-state index contributed by atoms with van der Waals surface area (Å²) < 4.78 is 5.32. The number of nitrogens with zero attached hydrogens (tertiary/aromatic N) is 1. The Kier molecular flexibility index (Phi) is 5.37. The molecule has 6 heteroatoms. The van der Waals surface area contributed by atoms with Crippen molar-refractivity contribution in [2.24, 2.45) is 0 Å². The number of nitrogens with one attached hydrogen (secondary N) is 2. The molecule has 1 atom stereocenters. The number of morpholine rings is 1. The number of aromatic nitrogens is 1. The second-order valence-corrected chi connectivity index (χ2v) is 5.97. The average molecular weight is 307 g/mol. The maximum absolute atomic E-state index is 12.4. The summed E-state index contributed by atoms with van der Waals surface area (Å²) in [5.74, 6) is -0.180. The Morgan fingerprint density at radius 1 is 1.32 bits per heavy atom. The number of aromatic amines is 1. The normalized spacial score (nSPS) is 17.3. The first-order chi connectivity index (χ1) is 10.4. The van der Waals surface area contributed by atoms with Crippen molar-refractivity contribution in [2.75, 3.05) is 32.8 Å². The predicted octanol–water partition coefficient (Wildman–Crippen LogP) is 1.28. The summed E-state index contributed by atoms with van der Waals surface area (Å²) >= 11 is 0. The zero-order valence-electron chi connectivity index (χ0n) is 13.8. The number of carbonyl (C=O) groups excluding carboxylic acids is 2. The first-order valence-electron chi connectivity index (χ1n) is 7.71. The third-order valence-electron chi connectivity index (χ3n) is 4.03. The number of ether oxygens (including phenoxy) is 1. The molecule has 1 unspecified atom stereocenters. The monoisotopic (exact) mass is 307 g/mol. The Hall–Kier alpha value is -1.66. The van der Waals surface area contributed by atoms with Gasteiger partial charge in [0.25, 0.3) is 5.91 Å². The zero-order chi connectivity index (χ0) is 16.3. The molecule has 1 aliphatic heterocycles. The van der Waals surface area contributed by atoms with E-state index in [1.807, 2.05) is 20.8 Å². The van der Waals surface area contributed by atoms with E-state index < -0.39 is 0 Å². The fourth-order valence-electron chi connectivity index (χ4n) is 3.02. The molecule has 1 saturated heterocycles. The van der Waals surface area contributed by atoms with Gasteiger partial charge in [-0.05, 0) is 33.3 Å². The van der Waals surface area contributed by atoms with Crippen LogP contribution in [0, 0.1) is 13.8 Å². The number of hydrogen-bond acceptors (Lipinski definition) is 4. The van der Waals surface area contributed by atoms with Crippen LogP contribution < -0.4 is 5.32 Å². The van der Waals surface area contributed by atoms with Crippen LogP contribution in [0.5, 0.6) is 0 Å². The molecular weight excluding hydrogens is 282 g/mol. The fourth-order valence-corrected chi connectivity index (χ4v) is 3.02. The van der Waals surface area contributed by atoms with E-state index in [4.69, 9.17) is 4.74 Å². The van der Waals surface area contributed by atoms with Crippen molar-refractivity contribution in [3.05, 3.63) is 22.5 Å². The third-order valence-corrected chi connectivity index (χ3v) is 4.03. The van der Waals surface area contributed by atoms with Gasteiger partial charge in [-0.1, -0.05) is 0 Å². The Bertz CT molecular complexity index is 559. The van der Waals surface area contributed by atoms with E-state index in [1.165, 1.54) is 6.92 Å². The Labute approximate surface area is 131 Å². The average Bonchev–Trinajstić information content (AvgIpc) is 2.75. The van der Waals surface area contributed by atoms with Crippen LogP contribution in [0.4, 0.5) is 0 Å². The maximum Gasteiger partial charge on any atom is 0.268 e.